The second kappa shape index (κ2) is 8.37. The maximum atomic E-state index is 12.0. The summed E-state index contributed by atoms with van der Waals surface area (Å²) in [6, 6.07) is 16.4. The predicted molar refractivity (Wildman–Crippen MR) is 102 cm³/mol. The van der Waals surface area contributed by atoms with Gasteiger partial charge in [-0.25, -0.2) is 0 Å². The van der Waals surface area contributed by atoms with Crippen molar-refractivity contribution in [2.24, 2.45) is 0 Å². The lowest BCUT2D eigenvalue weighted by atomic mass is 10.2. The number of anilines is 1. The van der Waals surface area contributed by atoms with Gasteiger partial charge in [-0.15, -0.1) is 10.2 Å². The molecule has 0 radical (unpaired) electrons. The number of halogens is 1. The molecular weight excluding hydrogens is 374 g/mol. The van der Waals surface area contributed by atoms with Crippen molar-refractivity contribution >= 4 is 40.5 Å². The zero-order chi connectivity index (χ0) is 18.4. The van der Waals surface area contributed by atoms with Crippen LogP contribution in [0.25, 0.3) is 11.4 Å². The zero-order valence-electron chi connectivity index (χ0n) is 13.4. The highest BCUT2D eigenvalue weighted by molar-refractivity contribution is 7.80. The molecule has 0 bridgehead atoms. The molecule has 132 valence electrons. The van der Waals surface area contributed by atoms with Gasteiger partial charge < -0.3 is 5.32 Å². The van der Waals surface area contributed by atoms with Crippen molar-refractivity contribution < 1.29 is 4.79 Å². The molecule has 0 unspecified atom stereocenters. The van der Waals surface area contributed by atoms with Crippen molar-refractivity contribution in [3.8, 4) is 11.4 Å². The smallest absolute Gasteiger partial charge is 0.262 e. The summed E-state index contributed by atoms with van der Waals surface area (Å²) in [5.74, 6) is 0.0774. The largest absolute Gasteiger partial charge is 0.331 e. The van der Waals surface area contributed by atoms with Gasteiger partial charge in [-0.1, -0.05) is 41.9 Å². The Kier molecular flexibility index (Phi) is 5.72. The predicted octanol–water partition coefficient (Wildman–Crippen LogP) is 2.01. The van der Waals surface area contributed by atoms with Gasteiger partial charge in [0.25, 0.3) is 5.91 Å². The topological polar surface area (TPSA) is 96.8 Å². The van der Waals surface area contributed by atoms with Crippen molar-refractivity contribution in [1.82, 2.24) is 31.1 Å². The molecule has 3 rings (SSSR count). The van der Waals surface area contributed by atoms with Gasteiger partial charge in [0.05, 0.1) is 0 Å². The fourth-order valence-electron chi connectivity index (χ4n) is 2.00. The van der Waals surface area contributed by atoms with Crippen molar-refractivity contribution in [3.63, 3.8) is 0 Å². The lowest BCUT2D eigenvalue weighted by Gasteiger charge is -2.11. The van der Waals surface area contributed by atoms with E-state index in [1.807, 2.05) is 30.3 Å². The van der Waals surface area contributed by atoms with E-state index >= 15 is 0 Å². The van der Waals surface area contributed by atoms with Crippen molar-refractivity contribution in [2.45, 2.75) is 6.54 Å². The average molecular weight is 388 g/mol. The lowest BCUT2D eigenvalue weighted by Crippen LogP contribution is -2.45. The number of thiocarbonyl (C=S) groups is 1. The summed E-state index contributed by atoms with van der Waals surface area (Å²) in [4.78, 5) is 13.2. The van der Waals surface area contributed by atoms with E-state index in [-0.39, 0.29) is 17.6 Å². The molecule has 0 aliphatic carbocycles. The first-order chi connectivity index (χ1) is 12.6. The Labute approximate surface area is 159 Å². The molecule has 26 heavy (non-hydrogen) atoms. The first kappa shape index (κ1) is 17.8. The number of nitrogens with zero attached hydrogens (tertiary/aromatic N) is 4. The number of hydrazine groups is 1. The summed E-state index contributed by atoms with van der Waals surface area (Å²) in [5, 5.41) is 15.7. The van der Waals surface area contributed by atoms with Crippen LogP contribution in [-0.2, 0) is 11.3 Å². The van der Waals surface area contributed by atoms with Gasteiger partial charge in [0.2, 0.25) is 5.82 Å². The Morgan fingerprint density at radius 2 is 1.81 bits per heavy atom. The highest BCUT2D eigenvalue weighted by Gasteiger charge is 2.09. The van der Waals surface area contributed by atoms with Crippen molar-refractivity contribution in [1.29, 1.82) is 0 Å². The monoisotopic (exact) mass is 387 g/mol. The Morgan fingerprint density at radius 1 is 1.08 bits per heavy atom. The molecule has 0 aliphatic heterocycles. The minimum Gasteiger partial charge on any atom is -0.331 e. The van der Waals surface area contributed by atoms with Crippen LogP contribution in [0.15, 0.2) is 54.6 Å². The van der Waals surface area contributed by atoms with E-state index in [0.29, 0.717) is 10.8 Å². The molecule has 1 amide bonds. The molecule has 3 N–H and O–H groups in total. The van der Waals surface area contributed by atoms with Gasteiger partial charge in [-0.05, 0) is 41.7 Å². The van der Waals surface area contributed by atoms with E-state index in [0.717, 1.165) is 11.3 Å². The number of carbonyl (C=O) groups excluding carboxylic acids is 1. The second-order valence-corrected chi connectivity index (χ2v) is 5.99. The zero-order valence-corrected chi connectivity index (χ0v) is 15.0. The number of tetrazole rings is 1. The molecule has 0 aliphatic rings. The molecule has 0 saturated carbocycles. The van der Waals surface area contributed by atoms with Crippen LogP contribution in [0.5, 0.6) is 0 Å². The minimum absolute atomic E-state index is 0.101. The van der Waals surface area contributed by atoms with Crippen LogP contribution in [0.2, 0.25) is 5.02 Å². The Hall–Kier alpha value is -3.04. The standard InChI is InChI=1S/C16H14ClN7OS/c17-12-6-8-13(9-7-12)18-16(26)21-19-14(25)10-24-22-15(20-23-24)11-4-2-1-3-5-11/h1-9H,10H2,(H,19,25)(H2,18,21,26). The quantitative estimate of drug-likeness (QED) is 0.465. The minimum atomic E-state index is -0.373. The Bertz CT molecular complexity index is 898. The first-order valence-corrected chi connectivity index (χ1v) is 8.33. The van der Waals surface area contributed by atoms with Gasteiger partial charge in [-0.2, -0.15) is 4.80 Å². The number of aromatic nitrogens is 4. The van der Waals surface area contributed by atoms with Gasteiger partial charge in [0, 0.05) is 16.3 Å². The third-order valence-electron chi connectivity index (χ3n) is 3.19. The van der Waals surface area contributed by atoms with E-state index < -0.39 is 0 Å². The summed E-state index contributed by atoms with van der Waals surface area (Å²) in [6.45, 7) is -0.101. The number of amides is 1. The molecule has 0 spiro atoms. The molecule has 2 aromatic carbocycles. The summed E-state index contributed by atoms with van der Waals surface area (Å²) in [7, 11) is 0. The fraction of sp³-hybridized carbons (Fsp3) is 0.0625. The first-order valence-electron chi connectivity index (χ1n) is 7.55. The summed E-state index contributed by atoms with van der Waals surface area (Å²) >= 11 is 10.9. The van der Waals surface area contributed by atoms with Crippen LogP contribution >= 0.6 is 23.8 Å². The van der Waals surface area contributed by atoms with E-state index in [1.54, 1.807) is 24.3 Å². The summed E-state index contributed by atoms with van der Waals surface area (Å²) < 4.78 is 0. The third-order valence-corrected chi connectivity index (χ3v) is 3.64. The highest BCUT2D eigenvalue weighted by Crippen LogP contribution is 2.13. The maximum Gasteiger partial charge on any atom is 0.262 e. The molecule has 0 saturated heterocycles. The van der Waals surface area contributed by atoms with Gasteiger partial charge in [0.1, 0.15) is 6.54 Å². The SMILES string of the molecule is O=C(Cn1nnc(-c2ccccc2)n1)NNC(=S)Nc1ccc(Cl)cc1. The van der Waals surface area contributed by atoms with Crippen LogP contribution in [0.1, 0.15) is 0 Å². The van der Waals surface area contributed by atoms with Gasteiger partial charge >= 0.3 is 0 Å². The average Bonchev–Trinajstić information content (AvgIpc) is 3.11. The van der Waals surface area contributed by atoms with Gasteiger partial charge in [-0.3, -0.25) is 15.6 Å². The molecular formula is C16H14ClN7OS. The number of benzene rings is 2. The lowest BCUT2D eigenvalue weighted by molar-refractivity contribution is -0.122. The molecule has 8 nitrogen and oxygen atoms in total. The molecule has 10 heteroatoms. The van der Waals surface area contributed by atoms with E-state index in [2.05, 4.69) is 31.6 Å². The maximum absolute atomic E-state index is 12.0. The molecule has 1 aromatic heterocycles. The second-order valence-electron chi connectivity index (χ2n) is 5.14. The van der Waals surface area contributed by atoms with Crippen LogP contribution in [0, 0.1) is 0 Å². The van der Waals surface area contributed by atoms with Crippen LogP contribution in [0.3, 0.4) is 0 Å². The summed E-state index contributed by atoms with van der Waals surface area (Å²) in [6.07, 6.45) is 0. The number of carbonyl (C=O) groups is 1. The van der Waals surface area contributed by atoms with Crippen molar-refractivity contribution in [2.75, 3.05) is 5.32 Å². The van der Waals surface area contributed by atoms with Crippen LogP contribution < -0.4 is 16.2 Å². The molecule has 0 fully saturated rings. The highest BCUT2D eigenvalue weighted by atomic mass is 35.5. The normalized spacial score (nSPS) is 10.2. The fourth-order valence-corrected chi connectivity index (χ4v) is 2.30. The van der Waals surface area contributed by atoms with E-state index in [4.69, 9.17) is 23.8 Å². The number of rotatable bonds is 4. The number of hydrogen-bond donors (Lipinski definition) is 3. The Balaban J connectivity index is 1.47. The summed E-state index contributed by atoms with van der Waals surface area (Å²) in [5.41, 5.74) is 6.63. The van der Waals surface area contributed by atoms with Crippen LogP contribution in [-0.4, -0.2) is 31.2 Å². The molecule has 0 atom stereocenters. The third kappa shape index (κ3) is 4.98. The molecule has 1 heterocycles. The number of nitrogens with one attached hydrogen (secondary N) is 3. The number of hydrogen-bond acceptors (Lipinski definition) is 5. The van der Waals surface area contributed by atoms with E-state index in [9.17, 15) is 4.79 Å². The van der Waals surface area contributed by atoms with Crippen LogP contribution in [0.4, 0.5) is 5.69 Å². The Morgan fingerprint density at radius 3 is 2.54 bits per heavy atom. The molecule has 3 aromatic rings. The van der Waals surface area contributed by atoms with Gasteiger partial charge in [0.15, 0.2) is 5.11 Å². The van der Waals surface area contributed by atoms with E-state index in [1.165, 1.54) is 4.80 Å². The van der Waals surface area contributed by atoms with Crippen molar-refractivity contribution in [3.05, 3.63) is 59.6 Å².